The van der Waals surface area contributed by atoms with Crippen molar-refractivity contribution in [2.24, 2.45) is 0 Å². The second-order valence-corrected chi connectivity index (χ2v) is 7.54. The van der Waals surface area contributed by atoms with Crippen LogP contribution in [0.5, 0.6) is 11.5 Å². The first-order valence-electron chi connectivity index (χ1n) is 10.0. The predicted octanol–water partition coefficient (Wildman–Crippen LogP) is 5.71. The maximum atomic E-state index is 12.6. The van der Waals surface area contributed by atoms with Crippen molar-refractivity contribution in [3.05, 3.63) is 100 Å². The Hall–Kier alpha value is -3.75. The molecule has 6 heteroatoms. The first-order chi connectivity index (χ1) is 15.5. The molecule has 1 N–H and O–H groups in total. The van der Waals surface area contributed by atoms with Crippen LogP contribution in [-0.2, 0) is 11.4 Å². The van der Waals surface area contributed by atoms with E-state index < -0.39 is 5.91 Å². The molecule has 0 aliphatic rings. The molecule has 0 heterocycles. The highest BCUT2D eigenvalue weighted by Crippen LogP contribution is 2.30. The van der Waals surface area contributed by atoms with Crippen LogP contribution in [0, 0.1) is 11.3 Å². The summed E-state index contributed by atoms with van der Waals surface area (Å²) < 4.78 is 11.3. The minimum absolute atomic E-state index is 0.00432. The van der Waals surface area contributed by atoms with Gasteiger partial charge >= 0.3 is 0 Å². The normalized spacial score (nSPS) is 11.9. The fraction of sp³-hybridized carbons (Fsp3) is 0.154. The molecule has 3 aromatic carbocycles. The first-order valence-corrected chi connectivity index (χ1v) is 10.4. The predicted molar refractivity (Wildman–Crippen MR) is 125 cm³/mol. The Morgan fingerprint density at radius 2 is 1.81 bits per heavy atom. The standard InChI is InChI=1S/C26H23ClN2O3/c1-18(21-6-4-3-5-7-21)29-26(30)22(16-28)14-20-10-13-24(25(15-20)31-2)32-17-19-8-11-23(27)12-9-19/h3-15,18H,17H2,1-2H3,(H,29,30)/b22-14+/t18-/m1/s1. The van der Waals surface area contributed by atoms with Crippen molar-refractivity contribution < 1.29 is 14.3 Å². The summed E-state index contributed by atoms with van der Waals surface area (Å²) in [6.07, 6.45) is 1.53. The lowest BCUT2D eigenvalue weighted by atomic mass is 10.1. The van der Waals surface area contributed by atoms with Gasteiger partial charge in [0.25, 0.3) is 5.91 Å². The van der Waals surface area contributed by atoms with Gasteiger partial charge in [-0.05, 0) is 54.0 Å². The van der Waals surface area contributed by atoms with Crippen LogP contribution in [0.15, 0.2) is 78.4 Å². The van der Waals surface area contributed by atoms with Crippen LogP contribution in [-0.4, -0.2) is 13.0 Å². The van der Waals surface area contributed by atoms with Gasteiger partial charge in [-0.25, -0.2) is 0 Å². The zero-order valence-corrected chi connectivity index (χ0v) is 18.6. The van der Waals surface area contributed by atoms with Crippen LogP contribution in [0.3, 0.4) is 0 Å². The highest BCUT2D eigenvalue weighted by molar-refractivity contribution is 6.30. The van der Waals surface area contributed by atoms with Gasteiger partial charge < -0.3 is 14.8 Å². The molecule has 0 aliphatic carbocycles. The summed E-state index contributed by atoms with van der Waals surface area (Å²) in [6, 6.07) is 24.0. The van der Waals surface area contributed by atoms with Gasteiger partial charge in [0.05, 0.1) is 13.2 Å². The van der Waals surface area contributed by atoms with Crippen molar-refractivity contribution in [3.8, 4) is 17.6 Å². The lowest BCUT2D eigenvalue weighted by Gasteiger charge is -2.14. The smallest absolute Gasteiger partial charge is 0.262 e. The van der Waals surface area contributed by atoms with Crippen LogP contribution in [0.4, 0.5) is 0 Å². The van der Waals surface area contributed by atoms with Crippen LogP contribution in [0.2, 0.25) is 5.02 Å². The number of methoxy groups -OCH3 is 1. The molecule has 162 valence electrons. The zero-order chi connectivity index (χ0) is 22.9. The summed E-state index contributed by atoms with van der Waals surface area (Å²) >= 11 is 5.91. The maximum Gasteiger partial charge on any atom is 0.262 e. The molecule has 1 atom stereocenters. The van der Waals surface area contributed by atoms with E-state index in [1.807, 2.05) is 55.5 Å². The number of hydrogen-bond acceptors (Lipinski definition) is 4. The molecular weight excluding hydrogens is 424 g/mol. The van der Waals surface area contributed by atoms with E-state index in [1.54, 1.807) is 30.3 Å². The van der Waals surface area contributed by atoms with E-state index in [-0.39, 0.29) is 11.6 Å². The van der Waals surface area contributed by atoms with Gasteiger partial charge in [-0.2, -0.15) is 5.26 Å². The van der Waals surface area contributed by atoms with Crippen LogP contribution in [0.25, 0.3) is 6.08 Å². The molecule has 0 aliphatic heterocycles. The second kappa shape index (κ2) is 11.0. The summed E-state index contributed by atoms with van der Waals surface area (Å²) in [5, 5.41) is 13.0. The molecule has 0 bridgehead atoms. The number of nitriles is 1. The molecule has 32 heavy (non-hydrogen) atoms. The van der Waals surface area contributed by atoms with Crippen molar-refractivity contribution in [3.63, 3.8) is 0 Å². The molecule has 0 saturated heterocycles. The van der Waals surface area contributed by atoms with E-state index in [2.05, 4.69) is 5.32 Å². The minimum atomic E-state index is -0.439. The van der Waals surface area contributed by atoms with Gasteiger partial charge in [-0.15, -0.1) is 0 Å². The lowest BCUT2D eigenvalue weighted by Crippen LogP contribution is -2.27. The number of hydrogen-bond donors (Lipinski definition) is 1. The third kappa shape index (κ3) is 6.13. The molecule has 3 rings (SSSR count). The number of nitrogens with one attached hydrogen (secondary N) is 1. The summed E-state index contributed by atoms with van der Waals surface area (Å²) in [6.45, 7) is 2.23. The van der Waals surface area contributed by atoms with E-state index in [4.69, 9.17) is 21.1 Å². The Balaban J connectivity index is 1.72. The number of benzene rings is 3. The largest absolute Gasteiger partial charge is 0.493 e. The second-order valence-electron chi connectivity index (χ2n) is 7.10. The number of amides is 1. The highest BCUT2D eigenvalue weighted by Gasteiger charge is 2.14. The van der Waals surface area contributed by atoms with E-state index in [1.165, 1.54) is 13.2 Å². The molecular formula is C26H23ClN2O3. The third-order valence-corrected chi connectivity index (χ3v) is 5.07. The average molecular weight is 447 g/mol. The Bertz CT molecular complexity index is 1140. The summed E-state index contributed by atoms with van der Waals surface area (Å²) in [5.41, 5.74) is 2.59. The maximum absolute atomic E-state index is 12.6. The van der Waals surface area contributed by atoms with E-state index in [9.17, 15) is 10.1 Å². The Kier molecular flexibility index (Phi) is 7.91. The molecule has 0 aromatic heterocycles. The minimum Gasteiger partial charge on any atom is -0.493 e. The summed E-state index contributed by atoms with van der Waals surface area (Å²) in [7, 11) is 1.54. The number of carbonyl (C=O) groups excluding carboxylic acids is 1. The van der Waals surface area contributed by atoms with Gasteiger partial charge in [-0.3, -0.25) is 4.79 Å². The quantitative estimate of drug-likeness (QED) is 0.355. The van der Waals surface area contributed by atoms with Gasteiger partial charge in [0, 0.05) is 5.02 Å². The number of carbonyl (C=O) groups is 1. The zero-order valence-electron chi connectivity index (χ0n) is 17.8. The average Bonchev–Trinajstić information content (AvgIpc) is 2.82. The topological polar surface area (TPSA) is 71.3 Å². The van der Waals surface area contributed by atoms with Crippen molar-refractivity contribution in [1.29, 1.82) is 5.26 Å². The molecule has 3 aromatic rings. The van der Waals surface area contributed by atoms with Crippen molar-refractivity contribution in [1.82, 2.24) is 5.32 Å². The highest BCUT2D eigenvalue weighted by atomic mass is 35.5. The van der Waals surface area contributed by atoms with Crippen LogP contribution >= 0.6 is 11.6 Å². The molecule has 5 nitrogen and oxygen atoms in total. The molecule has 0 saturated carbocycles. The lowest BCUT2D eigenvalue weighted by molar-refractivity contribution is -0.117. The summed E-state index contributed by atoms with van der Waals surface area (Å²) in [4.78, 5) is 12.6. The van der Waals surface area contributed by atoms with E-state index in [0.717, 1.165) is 11.1 Å². The molecule has 0 radical (unpaired) electrons. The fourth-order valence-corrected chi connectivity index (χ4v) is 3.18. The molecule has 1 amide bonds. The molecule has 0 unspecified atom stereocenters. The monoisotopic (exact) mass is 446 g/mol. The van der Waals surface area contributed by atoms with Gasteiger partial charge in [0.1, 0.15) is 18.2 Å². The van der Waals surface area contributed by atoms with Crippen molar-refractivity contribution in [2.45, 2.75) is 19.6 Å². The fourth-order valence-electron chi connectivity index (χ4n) is 3.05. The summed E-state index contributed by atoms with van der Waals surface area (Å²) in [5.74, 6) is 0.620. The van der Waals surface area contributed by atoms with Crippen molar-refractivity contribution in [2.75, 3.05) is 7.11 Å². The number of ether oxygens (including phenoxy) is 2. The third-order valence-electron chi connectivity index (χ3n) is 4.82. The number of rotatable bonds is 8. The molecule has 0 spiro atoms. The Morgan fingerprint density at radius 3 is 2.47 bits per heavy atom. The van der Waals surface area contributed by atoms with Crippen LogP contribution < -0.4 is 14.8 Å². The van der Waals surface area contributed by atoms with Gasteiger partial charge in [-0.1, -0.05) is 60.1 Å². The van der Waals surface area contributed by atoms with E-state index in [0.29, 0.717) is 28.7 Å². The Labute approximate surface area is 192 Å². The van der Waals surface area contributed by atoms with Crippen molar-refractivity contribution >= 4 is 23.6 Å². The first kappa shape index (κ1) is 22.9. The van der Waals surface area contributed by atoms with Crippen LogP contribution in [0.1, 0.15) is 29.7 Å². The Morgan fingerprint density at radius 1 is 1.09 bits per heavy atom. The SMILES string of the molecule is COc1cc(/C=C(\C#N)C(=O)N[C@H](C)c2ccccc2)ccc1OCc1ccc(Cl)cc1. The van der Waals surface area contributed by atoms with Gasteiger partial charge in [0.2, 0.25) is 0 Å². The number of halogens is 1. The number of nitrogens with zero attached hydrogens (tertiary/aromatic N) is 1. The molecule has 0 fully saturated rings. The van der Waals surface area contributed by atoms with Gasteiger partial charge in [0.15, 0.2) is 11.5 Å². The van der Waals surface area contributed by atoms with E-state index >= 15 is 0 Å².